The lowest BCUT2D eigenvalue weighted by Crippen LogP contribution is -2.01. The van der Waals surface area contributed by atoms with E-state index >= 15 is 0 Å². The molecule has 64 valence electrons. The van der Waals surface area contributed by atoms with E-state index in [1.54, 1.807) is 18.3 Å². The fourth-order valence-corrected chi connectivity index (χ4v) is 1.60. The molecule has 3 heteroatoms. The summed E-state index contributed by atoms with van der Waals surface area (Å²) in [4.78, 5) is 12.3. The van der Waals surface area contributed by atoms with Gasteiger partial charge in [-0.25, -0.2) is 0 Å². The molecule has 0 unspecified atom stereocenters. The summed E-state index contributed by atoms with van der Waals surface area (Å²) in [6.07, 6.45) is 1.94. The minimum atomic E-state index is 0.0671. The third kappa shape index (κ3) is 2.88. The van der Waals surface area contributed by atoms with Crippen molar-refractivity contribution < 1.29 is 4.79 Å². The predicted octanol–water partition coefficient (Wildman–Crippen LogP) is 1.72. The van der Waals surface area contributed by atoms with Crippen LogP contribution < -0.4 is 5.73 Å². The highest BCUT2D eigenvalue weighted by atomic mass is 32.1. The molecule has 2 N–H and O–H groups in total. The van der Waals surface area contributed by atoms with E-state index in [1.807, 2.05) is 17.5 Å². The SMILES string of the molecule is C/C(N)=C/C(=O)Cc1cccs1. The van der Waals surface area contributed by atoms with Crippen LogP contribution in [0.1, 0.15) is 11.8 Å². The summed E-state index contributed by atoms with van der Waals surface area (Å²) in [5.41, 5.74) is 5.93. The van der Waals surface area contributed by atoms with Gasteiger partial charge < -0.3 is 5.73 Å². The Morgan fingerprint density at radius 2 is 2.50 bits per heavy atom. The molecule has 0 saturated carbocycles. The topological polar surface area (TPSA) is 43.1 Å². The van der Waals surface area contributed by atoms with Gasteiger partial charge in [-0.1, -0.05) is 6.07 Å². The molecule has 1 heterocycles. The zero-order valence-corrected chi connectivity index (χ0v) is 7.73. The van der Waals surface area contributed by atoms with Crippen LogP contribution in [0.25, 0.3) is 0 Å². The molecule has 0 aromatic carbocycles. The Hall–Kier alpha value is -1.09. The summed E-state index contributed by atoms with van der Waals surface area (Å²) in [6, 6.07) is 3.88. The first-order chi connectivity index (χ1) is 5.68. The van der Waals surface area contributed by atoms with Gasteiger partial charge in [0.2, 0.25) is 0 Å². The number of hydrogen-bond donors (Lipinski definition) is 1. The van der Waals surface area contributed by atoms with Crippen LogP contribution in [0.15, 0.2) is 29.3 Å². The lowest BCUT2D eigenvalue weighted by molar-refractivity contribution is -0.114. The smallest absolute Gasteiger partial charge is 0.162 e. The van der Waals surface area contributed by atoms with Crippen molar-refractivity contribution in [2.45, 2.75) is 13.3 Å². The van der Waals surface area contributed by atoms with Crippen LogP contribution in [-0.2, 0) is 11.2 Å². The second-order valence-corrected chi connectivity index (χ2v) is 3.64. The molecule has 0 bridgehead atoms. The molecule has 0 aliphatic rings. The lowest BCUT2D eigenvalue weighted by Gasteiger charge is -1.92. The standard InChI is InChI=1S/C9H11NOS/c1-7(10)5-8(11)6-9-3-2-4-12-9/h2-5H,6,10H2,1H3/b7-5-. The molecule has 1 aromatic rings. The number of thiophene rings is 1. The van der Waals surface area contributed by atoms with Gasteiger partial charge in [0, 0.05) is 17.0 Å². The van der Waals surface area contributed by atoms with Crippen molar-refractivity contribution in [3.63, 3.8) is 0 Å². The summed E-state index contributed by atoms with van der Waals surface area (Å²) in [5.74, 6) is 0.0671. The molecular weight excluding hydrogens is 170 g/mol. The molecule has 0 atom stereocenters. The largest absolute Gasteiger partial charge is 0.402 e. The molecule has 0 amide bonds. The zero-order chi connectivity index (χ0) is 8.97. The van der Waals surface area contributed by atoms with Crippen molar-refractivity contribution >= 4 is 17.1 Å². The van der Waals surface area contributed by atoms with E-state index in [0.717, 1.165) is 4.88 Å². The van der Waals surface area contributed by atoms with E-state index in [9.17, 15) is 4.79 Å². The lowest BCUT2D eigenvalue weighted by atomic mass is 10.2. The average molecular weight is 181 g/mol. The van der Waals surface area contributed by atoms with Crippen LogP contribution in [0.5, 0.6) is 0 Å². The Labute approximate surface area is 75.7 Å². The second kappa shape index (κ2) is 4.07. The van der Waals surface area contributed by atoms with Gasteiger partial charge in [0.05, 0.1) is 0 Å². The third-order valence-corrected chi connectivity index (χ3v) is 2.19. The van der Waals surface area contributed by atoms with Crippen molar-refractivity contribution in [1.82, 2.24) is 0 Å². The quantitative estimate of drug-likeness (QED) is 0.721. The number of allylic oxidation sites excluding steroid dienone is 2. The maximum absolute atomic E-state index is 11.2. The monoisotopic (exact) mass is 181 g/mol. The molecular formula is C9H11NOS. The van der Waals surface area contributed by atoms with Gasteiger partial charge in [-0.2, -0.15) is 0 Å². The summed E-state index contributed by atoms with van der Waals surface area (Å²) in [5, 5.41) is 1.96. The molecule has 1 rings (SSSR count). The third-order valence-electron chi connectivity index (χ3n) is 1.32. The van der Waals surface area contributed by atoms with Crippen molar-refractivity contribution in [3.8, 4) is 0 Å². The van der Waals surface area contributed by atoms with E-state index in [2.05, 4.69) is 0 Å². The Kier molecular flexibility index (Phi) is 3.05. The highest BCUT2D eigenvalue weighted by molar-refractivity contribution is 7.10. The summed E-state index contributed by atoms with van der Waals surface area (Å²) < 4.78 is 0. The highest BCUT2D eigenvalue weighted by Gasteiger charge is 2.00. The Morgan fingerprint density at radius 3 is 3.00 bits per heavy atom. The maximum Gasteiger partial charge on any atom is 0.162 e. The van der Waals surface area contributed by atoms with Gasteiger partial charge in [-0.15, -0.1) is 11.3 Å². The predicted molar refractivity (Wildman–Crippen MR) is 51.0 cm³/mol. The van der Waals surface area contributed by atoms with E-state index in [1.165, 1.54) is 6.08 Å². The summed E-state index contributed by atoms with van der Waals surface area (Å²) >= 11 is 1.59. The van der Waals surface area contributed by atoms with Crippen molar-refractivity contribution in [3.05, 3.63) is 34.2 Å². The number of carbonyl (C=O) groups is 1. The first-order valence-corrected chi connectivity index (χ1v) is 4.55. The van der Waals surface area contributed by atoms with Crippen LogP contribution in [0.3, 0.4) is 0 Å². The van der Waals surface area contributed by atoms with Crippen molar-refractivity contribution in [2.24, 2.45) is 5.73 Å². The summed E-state index contributed by atoms with van der Waals surface area (Å²) in [6.45, 7) is 1.71. The van der Waals surface area contributed by atoms with E-state index in [0.29, 0.717) is 12.1 Å². The number of ketones is 1. The number of rotatable bonds is 3. The Bertz CT molecular complexity index is 283. The Morgan fingerprint density at radius 1 is 1.75 bits per heavy atom. The molecule has 0 saturated heterocycles. The normalized spacial score (nSPS) is 11.6. The molecule has 0 fully saturated rings. The van der Waals surface area contributed by atoms with Gasteiger partial charge in [0.15, 0.2) is 5.78 Å². The van der Waals surface area contributed by atoms with Crippen molar-refractivity contribution in [1.29, 1.82) is 0 Å². The minimum absolute atomic E-state index is 0.0671. The van der Waals surface area contributed by atoms with Crippen LogP contribution >= 0.6 is 11.3 Å². The molecule has 12 heavy (non-hydrogen) atoms. The van der Waals surface area contributed by atoms with Gasteiger partial charge in [-0.3, -0.25) is 4.79 Å². The minimum Gasteiger partial charge on any atom is -0.402 e. The molecule has 1 aromatic heterocycles. The van der Waals surface area contributed by atoms with E-state index in [4.69, 9.17) is 5.73 Å². The molecule has 0 spiro atoms. The average Bonchev–Trinajstić information content (AvgIpc) is 2.37. The van der Waals surface area contributed by atoms with Crippen LogP contribution in [0.4, 0.5) is 0 Å². The fraction of sp³-hybridized carbons (Fsp3) is 0.222. The molecule has 0 aliphatic heterocycles. The fourth-order valence-electron chi connectivity index (χ4n) is 0.890. The van der Waals surface area contributed by atoms with Crippen LogP contribution in [0, 0.1) is 0 Å². The molecule has 0 aliphatic carbocycles. The summed E-state index contributed by atoms with van der Waals surface area (Å²) in [7, 11) is 0. The van der Waals surface area contributed by atoms with E-state index < -0.39 is 0 Å². The van der Waals surface area contributed by atoms with Crippen LogP contribution in [-0.4, -0.2) is 5.78 Å². The van der Waals surface area contributed by atoms with Crippen LogP contribution in [0.2, 0.25) is 0 Å². The first kappa shape index (κ1) is 9.00. The molecule has 0 radical (unpaired) electrons. The van der Waals surface area contributed by atoms with Crippen molar-refractivity contribution in [2.75, 3.05) is 0 Å². The number of carbonyl (C=O) groups excluding carboxylic acids is 1. The van der Waals surface area contributed by atoms with Gasteiger partial charge in [0.25, 0.3) is 0 Å². The number of nitrogens with two attached hydrogens (primary N) is 1. The van der Waals surface area contributed by atoms with Gasteiger partial charge in [0.1, 0.15) is 0 Å². The molecule has 2 nitrogen and oxygen atoms in total. The van der Waals surface area contributed by atoms with Gasteiger partial charge >= 0.3 is 0 Å². The van der Waals surface area contributed by atoms with E-state index in [-0.39, 0.29) is 5.78 Å². The highest BCUT2D eigenvalue weighted by Crippen LogP contribution is 2.09. The van der Waals surface area contributed by atoms with Gasteiger partial charge in [-0.05, 0) is 24.4 Å². The first-order valence-electron chi connectivity index (χ1n) is 3.67. The zero-order valence-electron chi connectivity index (χ0n) is 6.91. The maximum atomic E-state index is 11.2. The number of hydrogen-bond acceptors (Lipinski definition) is 3. The Balaban J connectivity index is 2.54. The second-order valence-electron chi connectivity index (χ2n) is 2.61.